The summed E-state index contributed by atoms with van der Waals surface area (Å²) in [6.45, 7) is 13.5. The molecule has 10 heteroatoms. The maximum absolute atomic E-state index is 12.4. The van der Waals surface area contributed by atoms with E-state index in [0.717, 1.165) is 37.1 Å². The van der Waals surface area contributed by atoms with Crippen LogP contribution in [0.3, 0.4) is 0 Å². The molecule has 4 saturated carbocycles. The molecule has 0 amide bonds. The number of aromatic carboxylic acids is 1. The van der Waals surface area contributed by atoms with Crippen molar-refractivity contribution in [3.63, 3.8) is 0 Å². The molecule has 5 aliphatic rings. The van der Waals surface area contributed by atoms with E-state index in [1.165, 1.54) is 5.57 Å². The van der Waals surface area contributed by atoms with Gasteiger partial charge in [-0.2, -0.15) is 0 Å². The molecule has 1 aromatic heterocycles. The molecule has 0 radical (unpaired) electrons. The van der Waals surface area contributed by atoms with Gasteiger partial charge >= 0.3 is 5.97 Å². The fraction of sp³-hybridized carbons (Fsp3) is 0.725. The van der Waals surface area contributed by atoms with Crippen LogP contribution in [0.1, 0.15) is 103 Å². The lowest BCUT2D eigenvalue weighted by Gasteiger charge is -2.72. The number of aromatic nitrogens is 2. The monoisotopic (exact) mass is 694 g/mol. The topological polar surface area (TPSA) is 168 Å². The van der Waals surface area contributed by atoms with E-state index in [4.69, 9.17) is 4.74 Å². The number of hydrogen-bond donors (Lipinski definition) is 7. The smallest absolute Gasteiger partial charge is 0.335 e. The third kappa shape index (κ3) is 4.77. The number of aliphatic hydroxyl groups excluding tert-OH is 5. The average Bonchev–Trinajstić information content (AvgIpc) is 3.04. The molecule has 1 heterocycles. The van der Waals surface area contributed by atoms with Gasteiger partial charge in [-0.05, 0) is 109 Å². The van der Waals surface area contributed by atoms with Gasteiger partial charge in [0.15, 0.2) is 0 Å². The summed E-state index contributed by atoms with van der Waals surface area (Å²) in [6, 6.07) is 6.56. The molecule has 1 aromatic carbocycles. The molecule has 5 aliphatic carbocycles. The Bertz CT molecular complexity index is 1630. The molecule has 7 rings (SSSR count). The summed E-state index contributed by atoms with van der Waals surface area (Å²) in [6.07, 6.45) is 6.00. The van der Waals surface area contributed by atoms with Crippen molar-refractivity contribution in [1.29, 1.82) is 0 Å². The number of carboxylic acid groups (broad SMARTS) is 1. The molecule has 12 atom stereocenters. The zero-order valence-corrected chi connectivity index (χ0v) is 30.5. The second kappa shape index (κ2) is 11.8. The Morgan fingerprint density at radius 1 is 0.920 bits per heavy atom. The molecule has 10 nitrogen and oxygen atoms in total. The van der Waals surface area contributed by atoms with E-state index < -0.39 is 46.6 Å². The van der Waals surface area contributed by atoms with E-state index in [-0.39, 0.29) is 53.5 Å². The third-order valence-corrected chi connectivity index (χ3v) is 15.8. The van der Waals surface area contributed by atoms with Gasteiger partial charge in [-0.3, -0.25) is 9.78 Å². The minimum atomic E-state index is -1.19. The Morgan fingerprint density at radius 2 is 1.60 bits per heavy atom. The summed E-state index contributed by atoms with van der Waals surface area (Å²) < 4.78 is 8.15. The molecule has 2 aromatic rings. The molecule has 0 bridgehead atoms. The van der Waals surface area contributed by atoms with Crippen molar-refractivity contribution < 1.29 is 40.2 Å². The molecule has 276 valence electrons. The van der Waals surface area contributed by atoms with E-state index >= 15 is 0 Å². The average molecular weight is 695 g/mol. The number of aromatic amines is 1. The van der Waals surface area contributed by atoms with Crippen molar-refractivity contribution in [2.24, 2.45) is 50.2 Å². The molecular formula is C40H58N2O8. The standard InChI is InChI=1S/C40H58N2O8/c1-35(2)17-27-26-11-12-29-36(3)15-14-30(44)37(4,21-43)28(36)13-16-38(29,5)39(26,6)18-31(45)40(27,33(47)32(35)46)22-50-20-24-19-42(41-24)25-9-7-23(8-10-25)34(48)49/h7-11,19,27-33,41,43-47H,12-18,20-22H2,1-6H3,(H,48,49)/t27?,28?,29?,30-,31+,32-,33-,36-,37+,38+,39+,40-/m0/s1. The molecule has 4 fully saturated rings. The van der Waals surface area contributed by atoms with Crippen molar-refractivity contribution in [1.82, 2.24) is 9.78 Å². The fourth-order valence-corrected chi connectivity index (χ4v) is 12.5. The summed E-state index contributed by atoms with van der Waals surface area (Å²) in [5, 5.41) is 70.1. The van der Waals surface area contributed by atoms with Crippen molar-refractivity contribution in [3.05, 3.63) is 53.4 Å². The second-order valence-electron chi connectivity index (χ2n) is 18.5. The summed E-state index contributed by atoms with van der Waals surface area (Å²) >= 11 is 0. The van der Waals surface area contributed by atoms with Gasteiger partial charge in [0.2, 0.25) is 0 Å². The number of ether oxygens (including phenoxy) is 1. The Kier molecular flexibility index (Phi) is 8.45. The van der Waals surface area contributed by atoms with Crippen LogP contribution in [0.15, 0.2) is 42.1 Å². The van der Waals surface area contributed by atoms with Crippen LogP contribution in [-0.4, -0.2) is 84.0 Å². The van der Waals surface area contributed by atoms with E-state index in [9.17, 15) is 35.4 Å². The van der Waals surface area contributed by atoms with Gasteiger partial charge in [-0.1, -0.05) is 53.2 Å². The highest BCUT2D eigenvalue weighted by Gasteiger charge is 2.72. The lowest BCUT2D eigenvalue weighted by molar-refractivity contribution is -0.263. The van der Waals surface area contributed by atoms with Crippen LogP contribution in [0.4, 0.5) is 0 Å². The molecular weight excluding hydrogens is 636 g/mol. The van der Waals surface area contributed by atoms with Gasteiger partial charge in [0, 0.05) is 5.41 Å². The first-order valence-electron chi connectivity index (χ1n) is 18.6. The summed E-state index contributed by atoms with van der Waals surface area (Å²) in [5.74, 6) is -0.671. The zero-order valence-electron chi connectivity index (χ0n) is 30.5. The van der Waals surface area contributed by atoms with E-state index in [1.807, 2.05) is 20.0 Å². The Balaban J connectivity index is 1.18. The zero-order chi connectivity index (χ0) is 36.2. The number of fused-ring (bicyclic) bond motifs is 7. The van der Waals surface area contributed by atoms with Crippen molar-refractivity contribution >= 4 is 5.97 Å². The van der Waals surface area contributed by atoms with Gasteiger partial charge in [0.25, 0.3) is 0 Å². The largest absolute Gasteiger partial charge is 0.478 e. The van der Waals surface area contributed by atoms with Gasteiger partial charge in [0.1, 0.15) is 0 Å². The minimum absolute atomic E-state index is 0.0286. The van der Waals surface area contributed by atoms with Crippen LogP contribution in [0, 0.1) is 50.2 Å². The van der Waals surface area contributed by atoms with E-state index in [1.54, 1.807) is 28.9 Å². The third-order valence-electron chi connectivity index (χ3n) is 15.8. The first-order valence-corrected chi connectivity index (χ1v) is 18.6. The predicted molar refractivity (Wildman–Crippen MR) is 187 cm³/mol. The van der Waals surface area contributed by atoms with Gasteiger partial charge in [-0.25, -0.2) is 4.79 Å². The molecule has 50 heavy (non-hydrogen) atoms. The van der Waals surface area contributed by atoms with Crippen LogP contribution in [0.5, 0.6) is 0 Å². The number of carbonyl (C=O) groups is 1. The van der Waals surface area contributed by atoms with Crippen molar-refractivity contribution in [2.75, 3.05) is 13.2 Å². The van der Waals surface area contributed by atoms with Crippen LogP contribution >= 0.6 is 0 Å². The number of aliphatic hydroxyl groups is 5. The minimum Gasteiger partial charge on any atom is -0.478 e. The number of carboxylic acids is 1. The number of benzene rings is 1. The summed E-state index contributed by atoms with van der Waals surface area (Å²) in [5.41, 5.74) is 0.311. The highest BCUT2D eigenvalue weighted by Crippen LogP contribution is 2.75. The molecule has 3 unspecified atom stereocenters. The van der Waals surface area contributed by atoms with Crippen LogP contribution in [-0.2, 0) is 11.3 Å². The number of rotatable bonds is 7. The molecule has 0 aliphatic heterocycles. The van der Waals surface area contributed by atoms with Crippen LogP contribution in [0.2, 0.25) is 0 Å². The second-order valence-corrected chi connectivity index (χ2v) is 18.5. The highest BCUT2D eigenvalue weighted by molar-refractivity contribution is 5.87. The number of H-pyrrole nitrogens is 1. The molecule has 7 N–H and O–H groups in total. The first-order chi connectivity index (χ1) is 23.4. The van der Waals surface area contributed by atoms with E-state index in [0.29, 0.717) is 25.2 Å². The lowest BCUT2D eigenvalue weighted by Crippen LogP contribution is -2.71. The number of nitrogens with zero attached hydrogens (tertiary/aromatic N) is 1. The molecule has 0 spiro atoms. The Labute approximate surface area is 295 Å². The first kappa shape index (κ1) is 35.9. The highest BCUT2D eigenvalue weighted by atomic mass is 16.5. The number of allylic oxidation sites excluding steroid dienone is 2. The van der Waals surface area contributed by atoms with Gasteiger partial charge in [-0.15, -0.1) is 0 Å². The SMILES string of the molecule is CC1(C)CC2C3=CCC4[C@@]5(C)CC[C@H](O)[C@](C)(CO)C5CC[C@@]4(C)[C@]3(C)C[C@@H](O)[C@@]2(COCc2cn(-c3ccc(C(=O)O)cc3)[nH]2)[C@@H](O)[C@@H]1O. The van der Waals surface area contributed by atoms with Crippen molar-refractivity contribution in [3.8, 4) is 5.69 Å². The van der Waals surface area contributed by atoms with Crippen molar-refractivity contribution in [2.45, 2.75) is 118 Å². The van der Waals surface area contributed by atoms with Gasteiger partial charge in [0.05, 0.1) is 72.8 Å². The fourth-order valence-electron chi connectivity index (χ4n) is 12.5. The summed E-state index contributed by atoms with van der Waals surface area (Å²) in [4.78, 5) is 11.2. The summed E-state index contributed by atoms with van der Waals surface area (Å²) in [7, 11) is 0. The van der Waals surface area contributed by atoms with Crippen LogP contribution in [0.25, 0.3) is 5.69 Å². The number of hydrogen-bond acceptors (Lipinski definition) is 7. The quantitative estimate of drug-likeness (QED) is 0.197. The lowest BCUT2D eigenvalue weighted by atomic mass is 9.33. The van der Waals surface area contributed by atoms with Crippen LogP contribution < -0.4 is 0 Å². The Hall–Kier alpha value is -2.47. The predicted octanol–water partition coefficient (Wildman–Crippen LogP) is 5.07. The maximum Gasteiger partial charge on any atom is 0.335 e. The Morgan fingerprint density at radius 3 is 2.24 bits per heavy atom. The normalized spacial score (nSPS) is 45.1. The molecule has 0 saturated heterocycles. The maximum atomic E-state index is 12.4. The van der Waals surface area contributed by atoms with Gasteiger partial charge < -0.3 is 35.4 Å². The van der Waals surface area contributed by atoms with E-state index in [2.05, 4.69) is 38.9 Å². The number of nitrogens with one attached hydrogen (secondary N) is 1.